The maximum absolute atomic E-state index is 12.6. The Hall–Kier alpha value is -3.39. The van der Waals surface area contributed by atoms with Crippen LogP contribution in [0.2, 0.25) is 0 Å². The number of carbonyl (C=O) groups excluding carboxylic acids is 1. The van der Waals surface area contributed by atoms with Gasteiger partial charge in [-0.3, -0.25) is 0 Å². The molecule has 2 nitrogen and oxygen atoms in total. The first kappa shape index (κ1) is 15.2. The van der Waals surface area contributed by atoms with Gasteiger partial charge in [-0.25, -0.2) is 4.79 Å². The standard InChI is InChI=1S/C23H16O2/c24-23-22(19-14-8-3-9-15-19)21(18-12-6-2-7-13-18)20(25-23)16-17-10-4-1-5-11-17/h1-16H/b20-16-. The normalized spacial score (nSPS) is 15.5. The molecule has 0 spiro atoms. The summed E-state index contributed by atoms with van der Waals surface area (Å²) in [6.45, 7) is 0. The van der Waals surface area contributed by atoms with Gasteiger partial charge in [0, 0.05) is 5.57 Å². The molecule has 1 heterocycles. The quantitative estimate of drug-likeness (QED) is 0.619. The zero-order valence-corrected chi connectivity index (χ0v) is 13.6. The first-order valence-corrected chi connectivity index (χ1v) is 8.17. The fourth-order valence-corrected chi connectivity index (χ4v) is 2.99. The highest BCUT2D eigenvalue weighted by Gasteiger charge is 2.31. The molecule has 0 aromatic heterocycles. The van der Waals surface area contributed by atoms with Gasteiger partial charge in [0.2, 0.25) is 0 Å². The van der Waals surface area contributed by atoms with Crippen molar-refractivity contribution in [3.05, 3.63) is 113 Å². The molecule has 3 aromatic rings. The second-order valence-corrected chi connectivity index (χ2v) is 5.79. The third kappa shape index (κ3) is 3.02. The Kier molecular flexibility index (Phi) is 4.01. The lowest BCUT2D eigenvalue weighted by Crippen LogP contribution is -1.98. The van der Waals surface area contributed by atoms with Crippen molar-refractivity contribution in [2.24, 2.45) is 0 Å². The lowest BCUT2D eigenvalue weighted by atomic mass is 9.94. The Morgan fingerprint density at radius 3 is 1.64 bits per heavy atom. The van der Waals surface area contributed by atoms with E-state index >= 15 is 0 Å². The summed E-state index contributed by atoms with van der Waals surface area (Å²) < 4.78 is 5.65. The average molecular weight is 324 g/mol. The van der Waals surface area contributed by atoms with Gasteiger partial charge in [0.05, 0.1) is 5.57 Å². The van der Waals surface area contributed by atoms with Gasteiger partial charge >= 0.3 is 5.97 Å². The number of cyclic esters (lactones) is 1. The van der Waals surface area contributed by atoms with E-state index < -0.39 is 0 Å². The summed E-state index contributed by atoms with van der Waals surface area (Å²) in [5, 5.41) is 0. The number of allylic oxidation sites excluding steroid dienone is 1. The summed E-state index contributed by atoms with van der Waals surface area (Å²) in [5.74, 6) is 0.272. The van der Waals surface area contributed by atoms with Crippen molar-refractivity contribution in [3.63, 3.8) is 0 Å². The number of esters is 1. The fourth-order valence-electron chi connectivity index (χ4n) is 2.99. The van der Waals surface area contributed by atoms with Crippen molar-refractivity contribution in [2.45, 2.75) is 0 Å². The second kappa shape index (κ2) is 6.62. The minimum absolute atomic E-state index is 0.313. The first-order valence-electron chi connectivity index (χ1n) is 8.17. The highest BCUT2D eigenvalue weighted by molar-refractivity contribution is 6.30. The minimum Gasteiger partial charge on any atom is -0.422 e. The third-order valence-electron chi connectivity index (χ3n) is 4.13. The molecule has 1 aliphatic heterocycles. The number of rotatable bonds is 3. The second-order valence-electron chi connectivity index (χ2n) is 5.79. The summed E-state index contributed by atoms with van der Waals surface area (Å²) >= 11 is 0. The van der Waals surface area contributed by atoms with Crippen molar-refractivity contribution < 1.29 is 9.53 Å². The molecule has 0 amide bonds. The first-order chi connectivity index (χ1) is 12.3. The molecule has 0 saturated heterocycles. The number of benzene rings is 3. The molecule has 0 N–H and O–H groups in total. The van der Waals surface area contributed by atoms with Crippen LogP contribution >= 0.6 is 0 Å². The van der Waals surface area contributed by atoms with E-state index in [-0.39, 0.29) is 5.97 Å². The van der Waals surface area contributed by atoms with E-state index in [0.29, 0.717) is 11.3 Å². The van der Waals surface area contributed by atoms with Gasteiger partial charge in [0.1, 0.15) is 5.76 Å². The van der Waals surface area contributed by atoms with E-state index in [0.717, 1.165) is 22.3 Å². The minimum atomic E-state index is -0.313. The molecule has 25 heavy (non-hydrogen) atoms. The largest absolute Gasteiger partial charge is 0.422 e. The van der Waals surface area contributed by atoms with Crippen molar-refractivity contribution >= 4 is 23.2 Å². The molecule has 1 aliphatic rings. The van der Waals surface area contributed by atoms with Crippen LogP contribution in [0.4, 0.5) is 0 Å². The summed E-state index contributed by atoms with van der Waals surface area (Å²) in [6, 6.07) is 29.4. The van der Waals surface area contributed by atoms with Crippen molar-refractivity contribution in [1.29, 1.82) is 0 Å². The summed E-state index contributed by atoms with van der Waals surface area (Å²) in [6.07, 6.45) is 1.91. The van der Waals surface area contributed by atoms with E-state index in [2.05, 4.69) is 0 Å². The summed E-state index contributed by atoms with van der Waals surface area (Å²) in [7, 11) is 0. The summed E-state index contributed by atoms with van der Waals surface area (Å²) in [5.41, 5.74) is 4.26. The molecule has 0 fully saturated rings. The van der Waals surface area contributed by atoms with E-state index in [1.54, 1.807) is 0 Å². The van der Waals surface area contributed by atoms with Crippen molar-refractivity contribution in [1.82, 2.24) is 0 Å². The van der Waals surface area contributed by atoms with Gasteiger partial charge in [-0.05, 0) is 22.8 Å². The van der Waals surface area contributed by atoms with Gasteiger partial charge in [-0.1, -0.05) is 91.0 Å². The molecule has 0 radical (unpaired) electrons. The topological polar surface area (TPSA) is 26.3 Å². The molecule has 0 atom stereocenters. The molecule has 4 rings (SSSR count). The van der Waals surface area contributed by atoms with E-state index in [4.69, 9.17) is 4.74 Å². The number of ether oxygens (including phenoxy) is 1. The molecular weight excluding hydrogens is 308 g/mol. The van der Waals surface area contributed by atoms with Crippen LogP contribution in [-0.2, 0) is 9.53 Å². The summed E-state index contributed by atoms with van der Waals surface area (Å²) in [4.78, 5) is 12.6. The lowest BCUT2D eigenvalue weighted by molar-refractivity contribution is -0.131. The number of hydrogen-bond acceptors (Lipinski definition) is 2. The smallest absolute Gasteiger partial charge is 0.344 e. The van der Waals surface area contributed by atoms with E-state index in [1.807, 2.05) is 97.1 Å². The van der Waals surface area contributed by atoms with Crippen LogP contribution < -0.4 is 0 Å². The molecule has 3 aromatic carbocycles. The van der Waals surface area contributed by atoms with Gasteiger partial charge in [-0.15, -0.1) is 0 Å². The average Bonchev–Trinajstić information content (AvgIpc) is 2.99. The Morgan fingerprint density at radius 1 is 0.600 bits per heavy atom. The predicted octanol–water partition coefficient (Wildman–Crippen LogP) is 5.20. The number of hydrogen-bond donors (Lipinski definition) is 0. The van der Waals surface area contributed by atoms with Gasteiger partial charge in [0.25, 0.3) is 0 Å². The van der Waals surface area contributed by atoms with Gasteiger partial charge in [0.15, 0.2) is 0 Å². The van der Waals surface area contributed by atoms with Crippen LogP contribution in [0.5, 0.6) is 0 Å². The Balaban J connectivity index is 1.93. The predicted molar refractivity (Wildman–Crippen MR) is 100 cm³/mol. The van der Waals surface area contributed by atoms with E-state index in [1.165, 1.54) is 0 Å². The Labute approximate surface area is 146 Å². The highest BCUT2D eigenvalue weighted by atomic mass is 16.5. The lowest BCUT2D eigenvalue weighted by Gasteiger charge is -2.06. The van der Waals surface area contributed by atoms with Crippen molar-refractivity contribution in [3.8, 4) is 0 Å². The van der Waals surface area contributed by atoms with Crippen LogP contribution in [0.1, 0.15) is 16.7 Å². The molecule has 0 unspecified atom stereocenters. The van der Waals surface area contributed by atoms with Crippen molar-refractivity contribution in [2.75, 3.05) is 0 Å². The van der Waals surface area contributed by atoms with Crippen LogP contribution in [0.15, 0.2) is 96.8 Å². The Bertz CT molecular complexity index is 953. The van der Waals surface area contributed by atoms with Crippen LogP contribution in [0.25, 0.3) is 17.2 Å². The zero-order chi connectivity index (χ0) is 17.1. The molecule has 0 aliphatic carbocycles. The Morgan fingerprint density at radius 2 is 1.08 bits per heavy atom. The van der Waals surface area contributed by atoms with Crippen LogP contribution in [-0.4, -0.2) is 5.97 Å². The van der Waals surface area contributed by atoms with E-state index in [9.17, 15) is 4.79 Å². The third-order valence-corrected chi connectivity index (χ3v) is 4.13. The molecular formula is C23H16O2. The molecule has 2 heteroatoms. The maximum Gasteiger partial charge on any atom is 0.344 e. The van der Waals surface area contributed by atoms with Crippen LogP contribution in [0.3, 0.4) is 0 Å². The molecule has 0 saturated carbocycles. The van der Waals surface area contributed by atoms with Crippen LogP contribution in [0, 0.1) is 0 Å². The molecule has 0 bridgehead atoms. The SMILES string of the molecule is O=C1O/C(=C\c2ccccc2)C(c2ccccc2)=C1c1ccccc1. The molecule has 120 valence electrons. The van der Waals surface area contributed by atoms with Gasteiger partial charge < -0.3 is 4.74 Å². The monoisotopic (exact) mass is 324 g/mol. The zero-order valence-electron chi connectivity index (χ0n) is 13.6. The fraction of sp³-hybridized carbons (Fsp3) is 0. The van der Waals surface area contributed by atoms with Gasteiger partial charge in [-0.2, -0.15) is 0 Å². The number of carbonyl (C=O) groups is 1. The highest BCUT2D eigenvalue weighted by Crippen LogP contribution is 2.40. The maximum atomic E-state index is 12.6.